The van der Waals surface area contributed by atoms with Crippen molar-refractivity contribution in [1.82, 2.24) is 0 Å². The predicted molar refractivity (Wildman–Crippen MR) is 56.6 cm³/mol. The number of carboxylic acid groups (broad SMARTS) is 1. The van der Waals surface area contributed by atoms with Crippen molar-refractivity contribution >= 4 is 16.4 Å². The summed E-state index contributed by atoms with van der Waals surface area (Å²) < 4.78 is 31.6. The SMILES string of the molecule is CCCCCCC(O)C(=O)O.O=S(=O)(O)O. The highest BCUT2D eigenvalue weighted by molar-refractivity contribution is 7.79. The zero-order chi connectivity index (χ0) is 13.2. The predicted octanol–water partition coefficient (Wildman–Crippen LogP) is 0.750. The van der Waals surface area contributed by atoms with Gasteiger partial charge in [0.1, 0.15) is 0 Å². The second-order valence-corrected chi connectivity index (χ2v) is 4.05. The van der Waals surface area contributed by atoms with Crippen molar-refractivity contribution < 1.29 is 32.5 Å². The Morgan fingerprint density at radius 1 is 1.19 bits per heavy atom. The van der Waals surface area contributed by atoms with Crippen molar-refractivity contribution in [3.05, 3.63) is 0 Å². The van der Waals surface area contributed by atoms with Gasteiger partial charge in [0.05, 0.1) is 0 Å². The molecule has 0 aliphatic heterocycles. The Morgan fingerprint density at radius 3 is 1.94 bits per heavy atom. The van der Waals surface area contributed by atoms with Crippen LogP contribution in [0.3, 0.4) is 0 Å². The molecule has 8 heteroatoms. The van der Waals surface area contributed by atoms with E-state index in [9.17, 15) is 4.79 Å². The Labute approximate surface area is 94.7 Å². The van der Waals surface area contributed by atoms with Crippen molar-refractivity contribution in [2.24, 2.45) is 0 Å². The lowest BCUT2D eigenvalue weighted by Crippen LogP contribution is -2.18. The van der Waals surface area contributed by atoms with Crippen LogP contribution in [0.15, 0.2) is 0 Å². The molecule has 0 amide bonds. The molecule has 0 aliphatic rings. The molecule has 7 nitrogen and oxygen atoms in total. The van der Waals surface area contributed by atoms with Gasteiger partial charge in [-0.25, -0.2) is 4.79 Å². The molecule has 0 radical (unpaired) electrons. The molecule has 0 aromatic heterocycles. The van der Waals surface area contributed by atoms with Crippen LogP contribution in [0, 0.1) is 0 Å². The lowest BCUT2D eigenvalue weighted by molar-refractivity contribution is -0.146. The van der Waals surface area contributed by atoms with Crippen LogP contribution in [0.25, 0.3) is 0 Å². The molecule has 4 N–H and O–H groups in total. The number of aliphatic carboxylic acids is 1. The first-order valence-electron chi connectivity index (χ1n) is 4.79. The summed E-state index contributed by atoms with van der Waals surface area (Å²) >= 11 is 0. The van der Waals surface area contributed by atoms with E-state index in [2.05, 4.69) is 6.92 Å². The molecule has 16 heavy (non-hydrogen) atoms. The summed E-state index contributed by atoms with van der Waals surface area (Å²) in [6, 6.07) is 0. The Bertz CT molecular complexity index is 264. The Balaban J connectivity index is 0. The Morgan fingerprint density at radius 2 is 1.62 bits per heavy atom. The summed E-state index contributed by atoms with van der Waals surface area (Å²) in [4.78, 5) is 10.1. The molecule has 0 heterocycles. The first kappa shape index (κ1) is 17.7. The third-order valence-electron chi connectivity index (χ3n) is 1.62. The quantitative estimate of drug-likeness (QED) is 0.408. The lowest BCUT2D eigenvalue weighted by atomic mass is 10.1. The highest BCUT2D eigenvalue weighted by Crippen LogP contribution is 2.05. The molecular weight excluding hydrogens is 240 g/mol. The van der Waals surface area contributed by atoms with E-state index in [1.54, 1.807) is 0 Å². The number of aliphatic hydroxyl groups is 1. The van der Waals surface area contributed by atoms with Gasteiger partial charge in [0.15, 0.2) is 6.10 Å². The van der Waals surface area contributed by atoms with E-state index in [1.807, 2.05) is 0 Å². The van der Waals surface area contributed by atoms with Crippen LogP contribution < -0.4 is 0 Å². The summed E-state index contributed by atoms with van der Waals surface area (Å²) in [7, 11) is -4.67. The number of hydrogen-bond donors (Lipinski definition) is 4. The number of carbonyl (C=O) groups is 1. The van der Waals surface area contributed by atoms with Crippen molar-refractivity contribution in [2.75, 3.05) is 0 Å². The minimum atomic E-state index is -4.67. The molecule has 0 saturated carbocycles. The molecule has 0 aromatic carbocycles. The lowest BCUT2D eigenvalue weighted by Gasteiger charge is -2.03. The molecule has 0 aliphatic carbocycles. The van der Waals surface area contributed by atoms with Crippen LogP contribution in [-0.2, 0) is 15.2 Å². The first-order chi connectivity index (χ1) is 7.18. The van der Waals surface area contributed by atoms with Crippen LogP contribution >= 0.6 is 0 Å². The number of aliphatic hydroxyl groups excluding tert-OH is 1. The van der Waals surface area contributed by atoms with E-state index in [-0.39, 0.29) is 0 Å². The fourth-order valence-electron chi connectivity index (χ4n) is 0.888. The molecule has 1 unspecified atom stereocenters. The number of unbranched alkanes of at least 4 members (excludes halogenated alkanes) is 3. The zero-order valence-electron chi connectivity index (χ0n) is 9.03. The van der Waals surface area contributed by atoms with Gasteiger partial charge >= 0.3 is 16.4 Å². The van der Waals surface area contributed by atoms with Gasteiger partial charge in [-0.15, -0.1) is 0 Å². The fraction of sp³-hybridized carbons (Fsp3) is 0.875. The van der Waals surface area contributed by atoms with Gasteiger partial charge in [-0.2, -0.15) is 8.42 Å². The number of hydrogen-bond acceptors (Lipinski definition) is 4. The van der Waals surface area contributed by atoms with Gasteiger partial charge in [-0.05, 0) is 6.42 Å². The molecule has 0 rings (SSSR count). The van der Waals surface area contributed by atoms with Crippen molar-refractivity contribution in [3.8, 4) is 0 Å². The summed E-state index contributed by atoms with van der Waals surface area (Å²) in [5.41, 5.74) is 0. The molecule has 0 spiro atoms. The van der Waals surface area contributed by atoms with Crippen molar-refractivity contribution in [2.45, 2.75) is 45.1 Å². The first-order valence-corrected chi connectivity index (χ1v) is 6.19. The third kappa shape index (κ3) is 23.3. The van der Waals surface area contributed by atoms with E-state index in [0.717, 1.165) is 25.7 Å². The molecule has 0 saturated heterocycles. The molecule has 0 bridgehead atoms. The van der Waals surface area contributed by atoms with Gasteiger partial charge in [0.2, 0.25) is 0 Å². The van der Waals surface area contributed by atoms with E-state index in [4.69, 9.17) is 27.7 Å². The molecule has 0 fully saturated rings. The maximum atomic E-state index is 10.1. The summed E-state index contributed by atoms with van der Waals surface area (Å²) in [6.45, 7) is 2.09. The average Bonchev–Trinajstić information content (AvgIpc) is 2.09. The standard InChI is InChI=1S/C8H16O3.H2O4S/c1-2-3-4-5-6-7(9)8(10)11;1-5(2,3)4/h7,9H,2-6H2,1H3,(H,10,11);(H2,1,2,3,4). The van der Waals surface area contributed by atoms with Crippen molar-refractivity contribution in [3.63, 3.8) is 0 Å². The number of carboxylic acids is 1. The normalized spacial score (nSPS) is 12.5. The smallest absolute Gasteiger partial charge is 0.394 e. The Hall–Kier alpha value is -0.700. The highest BCUT2D eigenvalue weighted by atomic mass is 32.3. The largest absolute Gasteiger partial charge is 0.479 e. The minimum Gasteiger partial charge on any atom is -0.479 e. The van der Waals surface area contributed by atoms with Crippen LogP contribution in [0.5, 0.6) is 0 Å². The Kier molecular flexibility index (Phi) is 10.5. The second-order valence-electron chi connectivity index (χ2n) is 3.15. The minimum absolute atomic E-state index is 0.384. The maximum absolute atomic E-state index is 10.1. The van der Waals surface area contributed by atoms with E-state index in [1.165, 1.54) is 0 Å². The monoisotopic (exact) mass is 258 g/mol. The van der Waals surface area contributed by atoms with Crippen LogP contribution in [0.2, 0.25) is 0 Å². The van der Waals surface area contributed by atoms with Gasteiger partial charge in [-0.1, -0.05) is 32.6 Å². The highest BCUT2D eigenvalue weighted by Gasteiger charge is 2.11. The van der Waals surface area contributed by atoms with Gasteiger partial charge in [0.25, 0.3) is 0 Å². The van der Waals surface area contributed by atoms with Crippen LogP contribution in [0.4, 0.5) is 0 Å². The molecule has 1 atom stereocenters. The zero-order valence-corrected chi connectivity index (χ0v) is 9.85. The van der Waals surface area contributed by atoms with Gasteiger partial charge < -0.3 is 10.2 Å². The topological polar surface area (TPSA) is 132 Å². The summed E-state index contributed by atoms with van der Waals surface area (Å²) in [5.74, 6) is -1.11. The van der Waals surface area contributed by atoms with Gasteiger partial charge in [-0.3, -0.25) is 9.11 Å². The van der Waals surface area contributed by atoms with Crippen LogP contribution in [0.1, 0.15) is 39.0 Å². The average molecular weight is 258 g/mol. The molecule has 0 aromatic rings. The summed E-state index contributed by atoms with van der Waals surface area (Å²) in [5, 5.41) is 17.1. The van der Waals surface area contributed by atoms with E-state index in [0.29, 0.717) is 6.42 Å². The molecule has 98 valence electrons. The van der Waals surface area contributed by atoms with Gasteiger partial charge in [0, 0.05) is 0 Å². The third-order valence-corrected chi connectivity index (χ3v) is 1.62. The molecular formula is C8H18O7S. The fourth-order valence-corrected chi connectivity index (χ4v) is 0.888. The maximum Gasteiger partial charge on any atom is 0.394 e. The van der Waals surface area contributed by atoms with E-state index < -0.39 is 22.5 Å². The van der Waals surface area contributed by atoms with Crippen LogP contribution in [-0.4, -0.2) is 39.8 Å². The summed E-state index contributed by atoms with van der Waals surface area (Å²) in [6.07, 6.45) is 3.29. The second kappa shape index (κ2) is 9.52. The van der Waals surface area contributed by atoms with E-state index >= 15 is 0 Å². The number of rotatable bonds is 6. The van der Waals surface area contributed by atoms with Crippen molar-refractivity contribution in [1.29, 1.82) is 0 Å².